The van der Waals surface area contributed by atoms with Gasteiger partial charge in [0.2, 0.25) is 0 Å². The molecule has 0 amide bonds. The third-order valence-electron chi connectivity index (χ3n) is 3.80. The molecule has 0 aliphatic heterocycles. The zero-order valence-electron chi connectivity index (χ0n) is 10.8. The third-order valence-corrected chi connectivity index (χ3v) is 5.34. The summed E-state index contributed by atoms with van der Waals surface area (Å²) in [5.74, 6) is -0.970. The van der Waals surface area contributed by atoms with Gasteiger partial charge in [0.15, 0.2) is 5.03 Å². The number of aromatic nitrogens is 2. The molecule has 1 aliphatic carbocycles. The topological polar surface area (TPSA) is 101 Å². The fourth-order valence-electron chi connectivity index (χ4n) is 2.48. The second kappa shape index (κ2) is 4.61. The maximum absolute atomic E-state index is 12.2. The zero-order valence-corrected chi connectivity index (χ0v) is 11.6. The number of nitrogens with zero attached hydrogens (tertiary/aromatic N) is 2. The quantitative estimate of drug-likeness (QED) is 0.831. The van der Waals surface area contributed by atoms with Gasteiger partial charge in [-0.3, -0.25) is 9.48 Å². The second-order valence-corrected chi connectivity index (χ2v) is 6.74. The Labute approximate surface area is 111 Å². The number of carboxylic acid groups (broad SMARTS) is 1. The minimum Gasteiger partial charge on any atom is -0.481 e. The molecule has 1 heterocycles. The SMILES string of the molecule is Cn1nccc1S(=O)(=O)NC1CCCC1(C)C(=O)O. The summed E-state index contributed by atoms with van der Waals surface area (Å²) in [6, 6.07) is 0.792. The number of hydrogen-bond acceptors (Lipinski definition) is 4. The highest BCUT2D eigenvalue weighted by molar-refractivity contribution is 7.89. The van der Waals surface area contributed by atoms with Crippen molar-refractivity contribution < 1.29 is 18.3 Å². The van der Waals surface area contributed by atoms with Crippen LogP contribution < -0.4 is 4.72 Å². The highest BCUT2D eigenvalue weighted by atomic mass is 32.2. The molecule has 0 radical (unpaired) electrons. The van der Waals surface area contributed by atoms with Gasteiger partial charge in [-0.05, 0) is 25.8 Å². The lowest BCUT2D eigenvalue weighted by atomic mass is 9.85. The Hall–Kier alpha value is -1.41. The number of aryl methyl sites for hydroxylation is 1. The van der Waals surface area contributed by atoms with Gasteiger partial charge in [-0.2, -0.15) is 5.10 Å². The molecule has 19 heavy (non-hydrogen) atoms. The Morgan fingerprint density at radius 2 is 2.32 bits per heavy atom. The smallest absolute Gasteiger partial charge is 0.310 e. The molecule has 2 N–H and O–H groups in total. The summed E-state index contributed by atoms with van der Waals surface area (Å²) in [5, 5.41) is 13.1. The van der Waals surface area contributed by atoms with Crippen molar-refractivity contribution in [1.82, 2.24) is 14.5 Å². The first-order valence-electron chi connectivity index (χ1n) is 6.01. The molecule has 0 saturated heterocycles. The van der Waals surface area contributed by atoms with E-state index < -0.39 is 27.4 Å². The van der Waals surface area contributed by atoms with E-state index in [0.29, 0.717) is 19.3 Å². The number of nitrogens with one attached hydrogen (secondary N) is 1. The van der Waals surface area contributed by atoms with Gasteiger partial charge in [0.05, 0.1) is 11.6 Å². The molecule has 106 valence electrons. The summed E-state index contributed by atoms with van der Waals surface area (Å²) in [6.45, 7) is 1.58. The van der Waals surface area contributed by atoms with Crippen LogP contribution >= 0.6 is 0 Å². The minimum absolute atomic E-state index is 0.0344. The maximum atomic E-state index is 12.2. The molecule has 2 atom stereocenters. The van der Waals surface area contributed by atoms with E-state index in [4.69, 9.17) is 0 Å². The maximum Gasteiger partial charge on any atom is 0.310 e. The van der Waals surface area contributed by atoms with Crippen molar-refractivity contribution in [2.24, 2.45) is 12.5 Å². The molecule has 0 aromatic carbocycles. The Balaban J connectivity index is 2.27. The summed E-state index contributed by atoms with van der Waals surface area (Å²) >= 11 is 0. The van der Waals surface area contributed by atoms with E-state index in [0.717, 1.165) is 0 Å². The first-order chi connectivity index (χ1) is 8.77. The number of aliphatic carboxylic acids is 1. The van der Waals surface area contributed by atoms with Crippen molar-refractivity contribution in [2.45, 2.75) is 37.3 Å². The average molecular weight is 287 g/mol. The van der Waals surface area contributed by atoms with Crippen LogP contribution in [0.1, 0.15) is 26.2 Å². The van der Waals surface area contributed by atoms with Crippen LogP contribution in [0.5, 0.6) is 0 Å². The molecular formula is C11H17N3O4S. The summed E-state index contributed by atoms with van der Waals surface area (Å²) in [7, 11) is -2.22. The van der Waals surface area contributed by atoms with E-state index in [-0.39, 0.29) is 5.03 Å². The van der Waals surface area contributed by atoms with Crippen LogP contribution in [0.4, 0.5) is 0 Å². The highest BCUT2D eigenvalue weighted by Crippen LogP contribution is 2.38. The van der Waals surface area contributed by atoms with Crippen LogP contribution in [0.3, 0.4) is 0 Å². The van der Waals surface area contributed by atoms with Crippen LogP contribution in [-0.2, 0) is 21.9 Å². The summed E-state index contributed by atoms with van der Waals surface area (Å²) in [6.07, 6.45) is 3.09. The van der Waals surface area contributed by atoms with E-state index in [2.05, 4.69) is 9.82 Å². The van der Waals surface area contributed by atoms with Gasteiger partial charge < -0.3 is 5.11 Å². The zero-order chi connectivity index (χ0) is 14.3. The third kappa shape index (κ3) is 2.37. The second-order valence-electron chi connectivity index (χ2n) is 5.08. The van der Waals surface area contributed by atoms with Crippen molar-refractivity contribution in [3.05, 3.63) is 12.3 Å². The highest BCUT2D eigenvalue weighted by Gasteiger charge is 2.47. The van der Waals surface area contributed by atoms with Gasteiger partial charge in [0.25, 0.3) is 10.0 Å². The van der Waals surface area contributed by atoms with Crippen LogP contribution in [0, 0.1) is 5.41 Å². The first kappa shape index (κ1) is 14.0. The number of rotatable bonds is 4. The predicted octanol–water partition coefficient (Wildman–Crippen LogP) is 0.342. The van der Waals surface area contributed by atoms with E-state index in [9.17, 15) is 18.3 Å². The van der Waals surface area contributed by atoms with E-state index in [1.165, 1.54) is 24.0 Å². The molecule has 2 rings (SSSR count). The molecule has 0 bridgehead atoms. The van der Waals surface area contributed by atoms with E-state index in [1.54, 1.807) is 6.92 Å². The van der Waals surface area contributed by atoms with Crippen molar-refractivity contribution in [2.75, 3.05) is 0 Å². The summed E-state index contributed by atoms with van der Waals surface area (Å²) in [5.41, 5.74) is -1.05. The minimum atomic E-state index is -3.75. The Kier molecular flexibility index (Phi) is 3.40. The van der Waals surface area contributed by atoms with Crippen molar-refractivity contribution in [3.63, 3.8) is 0 Å². The Bertz CT molecular complexity index is 595. The Morgan fingerprint density at radius 3 is 2.84 bits per heavy atom. The number of hydrogen-bond donors (Lipinski definition) is 2. The largest absolute Gasteiger partial charge is 0.481 e. The fraction of sp³-hybridized carbons (Fsp3) is 0.636. The molecule has 1 aromatic heterocycles. The molecule has 1 saturated carbocycles. The van der Waals surface area contributed by atoms with Crippen LogP contribution in [0.15, 0.2) is 17.3 Å². The van der Waals surface area contributed by atoms with Gasteiger partial charge >= 0.3 is 5.97 Å². The average Bonchev–Trinajstić information content (AvgIpc) is 2.87. The predicted molar refractivity (Wildman–Crippen MR) is 66.9 cm³/mol. The lowest BCUT2D eigenvalue weighted by molar-refractivity contribution is -0.148. The number of carboxylic acids is 1. The van der Waals surface area contributed by atoms with Crippen molar-refractivity contribution >= 4 is 16.0 Å². The first-order valence-corrected chi connectivity index (χ1v) is 7.49. The molecule has 1 fully saturated rings. The van der Waals surface area contributed by atoms with Crippen LogP contribution in [-0.4, -0.2) is 35.3 Å². The lowest BCUT2D eigenvalue weighted by Crippen LogP contribution is -2.47. The van der Waals surface area contributed by atoms with Gasteiger partial charge in [0.1, 0.15) is 0 Å². The van der Waals surface area contributed by atoms with Crippen molar-refractivity contribution in [3.8, 4) is 0 Å². The Morgan fingerprint density at radius 1 is 1.63 bits per heavy atom. The molecule has 8 heteroatoms. The standard InChI is InChI=1S/C11H17N3O4S/c1-11(10(15)16)6-3-4-8(11)13-19(17,18)9-5-7-12-14(9)2/h5,7-8,13H,3-4,6H2,1-2H3,(H,15,16). The van der Waals surface area contributed by atoms with Gasteiger partial charge in [-0.15, -0.1) is 0 Å². The molecule has 7 nitrogen and oxygen atoms in total. The molecule has 2 unspecified atom stereocenters. The van der Waals surface area contributed by atoms with Crippen molar-refractivity contribution in [1.29, 1.82) is 0 Å². The van der Waals surface area contributed by atoms with Gasteiger partial charge in [-0.1, -0.05) is 6.42 Å². The summed E-state index contributed by atoms with van der Waals surface area (Å²) < 4.78 is 28.2. The monoisotopic (exact) mass is 287 g/mol. The lowest BCUT2D eigenvalue weighted by Gasteiger charge is -2.27. The van der Waals surface area contributed by atoms with Crippen LogP contribution in [0.2, 0.25) is 0 Å². The number of carbonyl (C=O) groups is 1. The number of sulfonamides is 1. The molecule has 1 aliphatic rings. The van der Waals surface area contributed by atoms with E-state index >= 15 is 0 Å². The van der Waals surface area contributed by atoms with Crippen LogP contribution in [0.25, 0.3) is 0 Å². The van der Waals surface area contributed by atoms with Gasteiger partial charge in [0, 0.05) is 13.1 Å². The van der Waals surface area contributed by atoms with E-state index in [1.807, 2.05) is 0 Å². The molecular weight excluding hydrogens is 270 g/mol. The van der Waals surface area contributed by atoms with Gasteiger partial charge in [-0.25, -0.2) is 13.1 Å². The molecule has 1 aromatic rings. The normalized spacial score (nSPS) is 27.6. The fourth-order valence-corrected chi connectivity index (χ4v) is 3.99. The summed E-state index contributed by atoms with van der Waals surface area (Å²) in [4.78, 5) is 11.3. The molecule has 0 spiro atoms.